The van der Waals surface area contributed by atoms with Crippen LogP contribution in [0.3, 0.4) is 0 Å². The molecule has 10 amide bonds. The van der Waals surface area contributed by atoms with Crippen LogP contribution in [0.15, 0.2) is 4.99 Å². The van der Waals surface area contributed by atoms with Crippen LogP contribution >= 0.6 is 0 Å². The number of carbonyl (C=O) groups excluding carboxylic acids is 10. The number of guanidine groups is 1. The fraction of sp³-hybridized carbons (Fsp3) is 0.745. The van der Waals surface area contributed by atoms with Crippen molar-refractivity contribution in [1.29, 1.82) is 0 Å². The quantitative estimate of drug-likeness (QED) is 0.0176. The number of aliphatic imine (C=N–C) groups is 1. The molecule has 0 radical (unpaired) electrons. The second-order valence-electron chi connectivity index (χ2n) is 19.9. The summed E-state index contributed by atoms with van der Waals surface area (Å²) >= 11 is 0. The lowest BCUT2D eigenvalue weighted by Gasteiger charge is -2.31. The Morgan fingerprint density at radius 2 is 1.14 bits per heavy atom. The summed E-state index contributed by atoms with van der Waals surface area (Å²) in [6.07, 6.45) is 0.709. The van der Waals surface area contributed by atoms with E-state index in [1.54, 1.807) is 41.5 Å². The number of likely N-dealkylation sites (tertiary alicyclic amines) is 1. The fourth-order valence-electron chi connectivity index (χ4n) is 7.92. The van der Waals surface area contributed by atoms with E-state index in [2.05, 4.69) is 42.2 Å². The maximum absolute atomic E-state index is 14.3. The first-order valence-corrected chi connectivity index (χ1v) is 25.1. The molecule has 1 saturated heterocycles. The number of nitrogens with zero attached hydrogens (tertiary/aromatic N) is 2. The summed E-state index contributed by atoms with van der Waals surface area (Å²) in [5.74, 6) is -9.76. The smallest absolute Gasteiger partial charge is 0.326 e. The topological polar surface area (TPSA) is 438 Å². The van der Waals surface area contributed by atoms with Crippen LogP contribution in [0.5, 0.6) is 0 Å². The van der Waals surface area contributed by atoms with Gasteiger partial charge < -0.3 is 75.9 Å². The normalized spacial score (nSPS) is 16.6. The molecule has 1 fully saturated rings. The highest BCUT2D eigenvalue weighted by Crippen LogP contribution is 2.21. The van der Waals surface area contributed by atoms with E-state index in [9.17, 15) is 57.8 Å². The Morgan fingerprint density at radius 1 is 0.616 bits per heavy atom. The molecule has 18 N–H and O–H groups in total. The summed E-state index contributed by atoms with van der Waals surface area (Å²) in [7, 11) is 0. The molecule has 26 nitrogen and oxygen atoms in total. The van der Waals surface area contributed by atoms with Gasteiger partial charge in [0.25, 0.3) is 0 Å². The van der Waals surface area contributed by atoms with Crippen molar-refractivity contribution < 1.29 is 57.8 Å². The average molecular weight is 1040 g/mol. The molecule has 0 spiro atoms. The number of carboxylic acid groups (broad SMARTS) is 1. The minimum absolute atomic E-state index is 0.00620. The van der Waals surface area contributed by atoms with Gasteiger partial charge in [0.1, 0.15) is 42.3 Å². The van der Waals surface area contributed by atoms with Crippen molar-refractivity contribution in [3.8, 4) is 0 Å². The zero-order valence-corrected chi connectivity index (χ0v) is 43.8. The lowest BCUT2D eigenvalue weighted by atomic mass is 9.96. The predicted molar refractivity (Wildman–Crippen MR) is 270 cm³/mol. The first kappa shape index (κ1) is 64.4. The van der Waals surface area contributed by atoms with Crippen LogP contribution < -0.4 is 65.9 Å². The number of nitrogens with two attached hydrogens (primary N) is 5. The van der Waals surface area contributed by atoms with Crippen molar-refractivity contribution >= 4 is 71.0 Å². The Balaban J connectivity index is 3.34. The van der Waals surface area contributed by atoms with Crippen LogP contribution in [-0.2, 0) is 52.7 Å². The number of aliphatic carboxylic acids is 1. The van der Waals surface area contributed by atoms with Crippen molar-refractivity contribution in [2.75, 3.05) is 19.6 Å². The Morgan fingerprint density at radius 3 is 1.67 bits per heavy atom. The zero-order chi connectivity index (χ0) is 55.7. The largest absolute Gasteiger partial charge is 0.480 e. The summed E-state index contributed by atoms with van der Waals surface area (Å²) in [4.78, 5) is 150. The van der Waals surface area contributed by atoms with Crippen LogP contribution in [0, 0.1) is 23.7 Å². The Bertz CT molecular complexity index is 1950. The number of primary amides is 2. The third-order valence-corrected chi connectivity index (χ3v) is 12.0. The number of nitrogens with one attached hydrogen (secondary N) is 7. The molecule has 1 aliphatic rings. The van der Waals surface area contributed by atoms with Gasteiger partial charge >= 0.3 is 5.97 Å². The van der Waals surface area contributed by atoms with Crippen LogP contribution in [0.25, 0.3) is 0 Å². The summed E-state index contributed by atoms with van der Waals surface area (Å²) in [6, 6.07) is -9.71. The van der Waals surface area contributed by atoms with Gasteiger partial charge in [0.05, 0.1) is 12.6 Å². The third kappa shape index (κ3) is 24.6. The highest BCUT2D eigenvalue weighted by Gasteiger charge is 2.40. The van der Waals surface area contributed by atoms with Gasteiger partial charge in [-0.25, -0.2) is 4.79 Å². The zero-order valence-electron chi connectivity index (χ0n) is 43.8. The van der Waals surface area contributed by atoms with Gasteiger partial charge in [0.2, 0.25) is 59.1 Å². The molecule has 0 unspecified atom stereocenters. The Hall–Kier alpha value is -6.60. The monoisotopic (exact) mass is 1040 g/mol. The van der Waals surface area contributed by atoms with E-state index in [0.717, 1.165) is 0 Å². The molecule has 0 saturated carbocycles. The molecule has 1 heterocycles. The molecule has 0 aliphatic carbocycles. The van der Waals surface area contributed by atoms with Crippen molar-refractivity contribution in [1.82, 2.24) is 42.1 Å². The molecule has 9 atom stereocenters. The van der Waals surface area contributed by atoms with Crippen molar-refractivity contribution in [3.63, 3.8) is 0 Å². The third-order valence-electron chi connectivity index (χ3n) is 12.0. The maximum Gasteiger partial charge on any atom is 0.326 e. The molecule has 26 heteroatoms. The number of carboxylic acids is 1. The molecular weight excluding hydrogens is 953 g/mol. The summed E-state index contributed by atoms with van der Waals surface area (Å²) in [5.41, 5.74) is 27.5. The van der Waals surface area contributed by atoms with Gasteiger partial charge in [0, 0.05) is 25.9 Å². The number of rotatable bonds is 34. The number of hydrogen-bond donors (Lipinski definition) is 13. The molecule has 414 valence electrons. The standard InChI is InChI=1S/C47H84N14O12/c1-9-27(8)38(60-39(65)28(48)14-16-35(49)62)44(70)58-31(20-24(2)3)40(66)54-23-37(64)55-29(15-17-36(50)63)41(67)57-32(21-25(4)5)42(68)56-30(12-10-18-53-47(51)52)45(71)61-19-11-13-34(61)43(69)59-33(46(72)73)22-26(6)7/h24-34,38H,9-23,48H2,1-8H3,(H2,49,62)(H2,50,63)(H,54,66)(H,55,64)(H,56,68)(H,57,67)(H,58,70)(H,59,69)(H,60,65)(H,72,73)(H4,51,52,53)/t27-,28-,29-,30-,31-,32-,33-,34-,38-/m0/s1. The highest BCUT2D eigenvalue weighted by atomic mass is 16.4. The fourth-order valence-corrected chi connectivity index (χ4v) is 7.92. The summed E-state index contributed by atoms with van der Waals surface area (Å²) in [5, 5.41) is 27.8. The SMILES string of the molecule is CC[C@H](C)[C@H](NC(=O)[C@@H](N)CCC(N)=O)C(=O)N[C@@H](CC(C)C)C(=O)NCC(=O)N[C@@H](CCC(N)=O)C(=O)N[C@@H](CC(C)C)C(=O)N[C@@H](CCCN=C(N)N)C(=O)N1CCC[C@H]1C(=O)N[C@@H](CC(C)C)C(=O)O. The molecule has 0 bridgehead atoms. The lowest BCUT2D eigenvalue weighted by Crippen LogP contribution is -2.59. The second-order valence-corrected chi connectivity index (χ2v) is 19.9. The number of amides is 10. The molecular formula is C47H84N14O12. The lowest BCUT2D eigenvalue weighted by molar-refractivity contribution is -0.145. The van der Waals surface area contributed by atoms with Crippen molar-refractivity contribution in [3.05, 3.63) is 0 Å². The number of hydrogen-bond acceptors (Lipinski definition) is 13. The summed E-state index contributed by atoms with van der Waals surface area (Å²) < 4.78 is 0. The first-order chi connectivity index (χ1) is 34.1. The van der Waals surface area contributed by atoms with Gasteiger partial charge in [-0.2, -0.15) is 0 Å². The minimum Gasteiger partial charge on any atom is -0.480 e. The molecule has 73 heavy (non-hydrogen) atoms. The van der Waals surface area contributed by atoms with Crippen LogP contribution in [0.4, 0.5) is 0 Å². The van der Waals surface area contributed by atoms with Gasteiger partial charge in [-0.05, 0) is 81.5 Å². The van der Waals surface area contributed by atoms with Crippen LogP contribution in [0.2, 0.25) is 0 Å². The van der Waals surface area contributed by atoms with E-state index in [4.69, 9.17) is 28.7 Å². The van der Waals surface area contributed by atoms with Gasteiger partial charge in [-0.1, -0.05) is 61.8 Å². The van der Waals surface area contributed by atoms with Crippen LogP contribution in [0.1, 0.15) is 132 Å². The predicted octanol–water partition coefficient (Wildman–Crippen LogP) is -2.82. The molecule has 1 aliphatic heterocycles. The van der Waals surface area contributed by atoms with E-state index in [-0.39, 0.29) is 101 Å². The van der Waals surface area contributed by atoms with Gasteiger partial charge in [-0.15, -0.1) is 0 Å². The van der Waals surface area contributed by atoms with Crippen LogP contribution in [-0.4, -0.2) is 149 Å². The van der Waals surface area contributed by atoms with Gasteiger partial charge in [0.15, 0.2) is 5.96 Å². The highest BCUT2D eigenvalue weighted by molar-refractivity contribution is 5.98. The van der Waals surface area contributed by atoms with E-state index < -0.39 is 126 Å². The summed E-state index contributed by atoms with van der Waals surface area (Å²) in [6.45, 7) is 13.8. The average Bonchev–Trinajstić information content (AvgIpc) is 3.80. The van der Waals surface area contributed by atoms with E-state index in [0.29, 0.717) is 12.8 Å². The van der Waals surface area contributed by atoms with E-state index >= 15 is 0 Å². The molecule has 1 rings (SSSR count). The van der Waals surface area contributed by atoms with Crippen molar-refractivity contribution in [2.45, 2.75) is 181 Å². The Kier molecular flexibility index (Phi) is 28.6. The molecule has 0 aromatic heterocycles. The molecule has 0 aromatic carbocycles. The molecule has 0 aromatic rings. The van der Waals surface area contributed by atoms with Crippen molar-refractivity contribution in [2.24, 2.45) is 57.3 Å². The second kappa shape index (κ2) is 32.5. The van der Waals surface area contributed by atoms with Gasteiger partial charge in [-0.3, -0.25) is 52.9 Å². The van der Waals surface area contributed by atoms with E-state index in [1.165, 1.54) is 4.90 Å². The number of carbonyl (C=O) groups is 11. The minimum atomic E-state index is -1.47. The van der Waals surface area contributed by atoms with E-state index in [1.807, 2.05) is 13.8 Å². The maximum atomic E-state index is 14.3. The first-order valence-electron chi connectivity index (χ1n) is 25.1. The Labute approximate surface area is 427 Å².